The molecule has 0 aliphatic heterocycles. The van der Waals surface area contributed by atoms with Gasteiger partial charge in [-0.1, -0.05) is 6.92 Å². The smallest absolute Gasteiger partial charge is 0.311 e. The minimum absolute atomic E-state index is 0.152. The third-order valence-electron chi connectivity index (χ3n) is 3.75. The zero-order valence-electron chi connectivity index (χ0n) is 13.0. The first-order chi connectivity index (χ1) is 11.8. The number of nitrogens with one attached hydrogen (secondary N) is 1. The van der Waals surface area contributed by atoms with Gasteiger partial charge in [-0.15, -0.1) is 24.5 Å². The number of fused-ring (bicyclic) bond motifs is 1. The summed E-state index contributed by atoms with van der Waals surface area (Å²) in [6.07, 6.45) is -10.5. The molecule has 1 amide bonds. The van der Waals surface area contributed by atoms with E-state index in [-0.39, 0.29) is 11.5 Å². The highest BCUT2D eigenvalue weighted by atomic mass is 32.1. The molecule has 0 saturated heterocycles. The Morgan fingerprint density at radius 1 is 1.27 bits per heavy atom. The van der Waals surface area contributed by atoms with Gasteiger partial charge in [-0.05, 0) is 30.7 Å². The molecule has 12 heteroatoms. The van der Waals surface area contributed by atoms with Gasteiger partial charge in [-0.2, -0.15) is 22.8 Å². The van der Waals surface area contributed by atoms with Crippen LogP contribution in [0.15, 0.2) is 0 Å². The zero-order valence-corrected chi connectivity index (χ0v) is 13.8. The van der Waals surface area contributed by atoms with Crippen LogP contribution in [0, 0.1) is 17.2 Å². The van der Waals surface area contributed by atoms with Crippen molar-refractivity contribution in [2.45, 2.75) is 44.6 Å². The predicted octanol–water partition coefficient (Wildman–Crippen LogP) is 4.45. The number of nitriles is 1. The molecule has 0 spiro atoms. The maximum absolute atomic E-state index is 13.5. The second kappa shape index (κ2) is 6.70. The molecule has 0 radical (unpaired) electrons. The van der Waals surface area contributed by atoms with Crippen LogP contribution in [0.25, 0.3) is 0 Å². The number of anilines is 1. The van der Waals surface area contributed by atoms with Gasteiger partial charge in [-0.25, -0.2) is 4.74 Å². The summed E-state index contributed by atoms with van der Waals surface area (Å²) in [5.41, 5.74) is 0.369. The Bertz CT molecular complexity index is 752. The molecule has 2 rings (SSSR count). The van der Waals surface area contributed by atoms with E-state index in [0.717, 1.165) is 11.3 Å². The quantitative estimate of drug-likeness (QED) is 0.755. The first-order valence-electron chi connectivity index (χ1n) is 7.17. The van der Waals surface area contributed by atoms with Gasteiger partial charge in [0.15, 0.2) is 0 Å². The Hall–Kier alpha value is -1.87. The van der Waals surface area contributed by atoms with Crippen molar-refractivity contribution in [1.29, 1.82) is 5.26 Å². The number of hydrogen-bond donors (Lipinski definition) is 1. The van der Waals surface area contributed by atoms with E-state index in [9.17, 15) is 35.5 Å². The lowest BCUT2D eigenvalue weighted by Crippen LogP contribution is -2.53. The van der Waals surface area contributed by atoms with Crippen LogP contribution < -0.4 is 5.32 Å². The molecule has 0 aromatic carbocycles. The molecule has 1 N–H and O–H groups in total. The van der Waals surface area contributed by atoms with E-state index in [4.69, 9.17) is 5.26 Å². The maximum atomic E-state index is 13.5. The van der Waals surface area contributed by atoms with Crippen LogP contribution in [0.5, 0.6) is 0 Å². The SMILES string of the molecule is C[C@H]1CCc2c(sc(NC(=O)C(F)(F)C(F)(F)OC(F)(F)F)c2C#N)C1. The van der Waals surface area contributed by atoms with Crippen LogP contribution in [0.4, 0.5) is 35.7 Å². The number of ether oxygens (including phenoxy) is 1. The molecule has 1 aromatic rings. The third-order valence-corrected chi connectivity index (χ3v) is 4.91. The number of hydrogen-bond acceptors (Lipinski definition) is 4. The van der Waals surface area contributed by atoms with E-state index in [1.807, 2.05) is 6.92 Å². The summed E-state index contributed by atoms with van der Waals surface area (Å²) in [6.45, 7) is 1.91. The van der Waals surface area contributed by atoms with Crippen molar-refractivity contribution in [2.24, 2.45) is 5.92 Å². The molecule has 0 fully saturated rings. The number of rotatable bonds is 4. The normalized spacial score (nSPS) is 18.2. The van der Waals surface area contributed by atoms with Crippen LogP contribution in [0.3, 0.4) is 0 Å². The number of halogens is 7. The molecule has 144 valence electrons. The lowest BCUT2D eigenvalue weighted by atomic mass is 9.88. The number of thiophene rings is 1. The van der Waals surface area contributed by atoms with E-state index in [1.165, 1.54) is 5.32 Å². The molecular weight excluding hydrogens is 393 g/mol. The fourth-order valence-corrected chi connectivity index (χ4v) is 3.84. The van der Waals surface area contributed by atoms with Crippen molar-refractivity contribution in [2.75, 3.05) is 5.32 Å². The van der Waals surface area contributed by atoms with E-state index in [0.29, 0.717) is 29.7 Å². The molecular formula is C14H11F7N2O2S. The van der Waals surface area contributed by atoms with Crippen molar-refractivity contribution in [1.82, 2.24) is 0 Å². The molecule has 1 atom stereocenters. The summed E-state index contributed by atoms with van der Waals surface area (Å²) < 4.78 is 91.0. The molecule has 0 bridgehead atoms. The van der Waals surface area contributed by atoms with Gasteiger partial charge in [0.05, 0.1) is 5.56 Å². The average Bonchev–Trinajstić information content (AvgIpc) is 2.80. The largest absolute Gasteiger partial charge is 0.527 e. The van der Waals surface area contributed by atoms with Gasteiger partial charge in [0.1, 0.15) is 11.1 Å². The molecule has 0 saturated carbocycles. The maximum Gasteiger partial charge on any atom is 0.527 e. The van der Waals surface area contributed by atoms with Crippen molar-refractivity contribution in [3.8, 4) is 6.07 Å². The van der Waals surface area contributed by atoms with Crippen molar-refractivity contribution >= 4 is 22.2 Å². The van der Waals surface area contributed by atoms with Crippen molar-refractivity contribution < 1.29 is 40.3 Å². The Labute approximate surface area is 146 Å². The minimum Gasteiger partial charge on any atom is -0.311 e. The second-order valence-electron chi connectivity index (χ2n) is 5.76. The monoisotopic (exact) mass is 404 g/mol. The molecule has 0 unspecified atom stereocenters. The Morgan fingerprint density at radius 3 is 2.42 bits per heavy atom. The van der Waals surface area contributed by atoms with Crippen LogP contribution in [-0.2, 0) is 22.4 Å². The molecule has 4 nitrogen and oxygen atoms in total. The Balaban J connectivity index is 2.28. The first kappa shape index (κ1) is 20.4. The lowest BCUT2D eigenvalue weighted by molar-refractivity contribution is -0.457. The fourth-order valence-electron chi connectivity index (χ4n) is 2.48. The second-order valence-corrected chi connectivity index (χ2v) is 6.87. The standard InChI is InChI=1S/C14H11F7N2O2S/c1-6-2-3-7-8(5-22)10(26-9(7)4-6)23-11(24)12(15,16)13(17,18)25-14(19,20)21/h6H,2-4H2,1H3,(H,23,24)/t6-/m0/s1. The van der Waals surface area contributed by atoms with Gasteiger partial charge in [0.25, 0.3) is 0 Å². The summed E-state index contributed by atoms with van der Waals surface area (Å²) in [6, 6.07) is 1.70. The van der Waals surface area contributed by atoms with Crippen LogP contribution in [0.1, 0.15) is 29.3 Å². The van der Waals surface area contributed by atoms with E-state index in [2.05, 4.69) is 4.74 Å². The Morgan fingerprint density at radius 2 is 1.88 bits per heavy atom. The number of amides is 1. The molecule has 1 heterocycles. The predicted molar refractivity (Wildman–Crippen MR) is 75.9 cm³/mol. The van der Waals surface area contributed by atoms with Crippen molar-refractivity contribution in [3.05, 3.63) is 16.0 Å². The molecule has 26 heavy (non-hydrogen) atoms. The van der Waals surface area contributed by atoms with Crippen molar-refractivity contribution in [3.63, 3.8) is 0 Å². The number of nitrogens with zero attached hydrogens (tertiary/aromatic N) is 1. The summed E-state index contributed by atoms with van der Waals surface area (Å²) in [7, 11) is 0. The third kappa shape index (κ3) is 3.93. The first-order valence-corrected chi connectivity index (χ1v) is 7.98. The van der Waals surface area contributed by atoms with Crippen LogP contribution in [-0.4, -0.2) is 24.3 Å². The highest BCUT2D eigenvalue weighted by molar-refractivity contribution is 7.16. The highest BCUT2D eigenvalue weighted by Crippen LogP contribution is 2.43. The van der Waals surface area contributed by atoms with E-state index < -0.39 is 29.3 Å². The fraction of sp³-hybridized carbons (Fsp3) is 0.571. The van der Waals surface area contributed by atoms with Crippen LogP contribution in [0.2, 0.25) is 0 Å². The van der Waals surface area contributed by atoms with Gasteiger partial charge in [-0.3, -0.25) is 4.79 Å². The molecule has 1 aromatic heterocycles. The topological polar surface area (TPSA) is 62.1 Å². The van der Waals surface area contributed by atoms with Gasteiger partial charge in [0, 0.05) is 4.88 Å². The highest BCUT2D eigenvalue weighted by Gasteiger charge is 2.67. The average molecular weight is 404 g/mol. The minimum atomic E-state index is -6.12. The summed E-state index contributed by atoms with van der Waals surface area (Å²) in [4.78, 5) is 12.2. The Kier molecular flexibility index (Phi) is 5.26. The summed E-state index contributed by atoms with van der Waals surface area (Å²) >= 11 is 0.763. The zero-order chi connectivity index (χ0) is 19.9. The molecule has 1 aliphatic carbocycles. The van der Waals surface area contributed by atoms with Gasteiger partial charge in [0.2, 0.25) is 0 Å². The van der Waals surface area contributed by atoms with E-state index >= 15 is 0 Å². The number of alkyl halides is 7. The summed E-state index contributed by atoms with van der Waals surface area (Å²) in [5, 5.41) is 10.2. The van der Waals surface area contributed by atoms with E-state index in [1.54, 1.807) is 6.07 Å². The number of carbonyl (C=O) groups is 1. The lowest BCUT2D eigenvalue weighted by Gasteiger charge is -2.25. The molecule has 1 aliphatic rings. The summed E-state index contributed by atoms with van der Waals surface area (Å²) in [5.74, 6) is -8.27. The van der Waals surface area contributed by atoms with Gasteiger partial charge < -0.3 is 5.32 Å². The van der Waals surface area contributed by atoms with Crippen LogP contribution >= 0.6 is 11.3 Å². The number of carbonyl (C=O) groups excluding carboxylic acids is 1. The van der Waals surface area contributed by atoms with Gasteiger partial charge >= 0.3 is 24.3 Å².